The molecule has 0 aliphatic rings. The highest BCUT2D eigenvalue weighted by Gasteiger charge is 2.29. The molecule has 1 aromatic heterocycles. The Kier molecular flexibility index (Phi) is 4.52. The zero-order valence-electron chi connectivity index (χ0n) is 11.4. The van der Waals surface area contributed by atoms with Gasteiger partial charge in [0, 0.05) is 16.8 Å². The number of carbonyl (C=O) groups is 2. The Morgan fingerprint density at radius 1 is 1.37 bits per heavy atom. The van der Waals surface area contributed by atoms with E-state index in [2.05, 4.69) is 4.98 Å². The van der Waals surface area contributed by atoms with Crippen LogP contribution in [-0.4, -0.2) is 39.0 Å². The van der Waals surface area contributed by atoms with Crippen LogP contribution in [0.3, 0.4) is 0 Å². The second-order valence-electron chi connectivity index (χ2n) is 5.28. The highest BCUT2D eigenvalue weighted by Crippen LogP contribution is 2.19. The third-order valence-corrected chi connectivity index (χ3v) is 2.71. The summed E-state index contributed by atoms with van der Waals surface area (Å²) in [6, 6.07) is 3.03. The van der Waals surface area contributed by atoms with Gasteiger partial charge in [0.05, 0.1) is 0 Å². The Labute approximate surface area is 117 Å². The lowest BCUT2D eigenvalue weighted by Crippen LogP contribution is -2.48. The fraction of sp³-hybridized carbons (Fsp3) is 0.462. The van der Waals surface area contributed by atoms with Crippen LogP contribution in [0, 0.1) is 6.92 Å². The zero-order chi connectivity index (χ0) is 14.8. The van der Waals surface area contributed by atoms with Crippen molar-refractivity contribution in [3.05, 3.63) is 28.5 Å². The molecule has 1 heterocycles. The number of aliphatic carboxylic acids is 1. The molecule has 1 aromatic rings. The molecule has 5 nitrogen and oxygen atoms in total. The van der Waals surface area contributed by atoms with Crippen LogP contribution in [0.4, 0.5) is 0 Å². The van der Waals surface area contributed by atoms with Gasteiger partial charge in [-0.1, -0.05) is 11.6 Å². The van der Waals surface area contributed by atoms with E-state index < -0.39 is 11.5 Å². The number of carboxylic acids is 1. The number of hydrogen-bond donors (Lipinski definition) is 1. The number of amides is 1. The minimum absolute atomic E-state index is 0.215. The molecule has 1 N–H and O–H groups in total. The van der Waals surface area contributed by atoms with Crippen LogP contribution in [0.5, 0.6) is 0 Å². The van der Waals surface area contributed by atoms with Crippen LogP contribution in [0.25, 0.3) is 0 Å². The molecule has 1 amide bonds. The van der Waals surface area contributed by atoms with E-state index in [1.165, 1.54) is 11.0 Å². The summed E-state index contributed by atoms with van der Waals surface area (Å²) in [6.45, 7) is 6.71. The van der Waals surface area contributed by atoms with Gasteiger partial charge < -0.3 is 10.0 Å². The van der Waals surface area contributed by atoms with E-state index in [9.17, 15) is 9.59 Å². The molecule has 0 atom stereocenters. The summed E-state index contributed by atoms with van der Waals surface area (Å²) in [5.41, 5.74) is 0.354. The SMILES string of the molecule is Cc1cc(C(=O)N(CC(=O)O)C(C)(C)C)cc(Cl)n1. The molecule has 0 spiro atoms. The maximum atomic E-state index is 12.4. The van der Waals surface area contributed by atoms with Gasteiger partial charge in [-0.25, -0.2) is 4.98 Å². The van der Waals surface area contributed by atoms with E-state index in [0.29, 0.717) is 11.3 Å². The molecular weight excluding hydrogens is 268 g/mol. The van der Waals surface area contributed by atoms with Crippen LogP contribution in [0.15, 0.2) is 12.1 Å². The number of hydrogen-bond acceptors (Lipinski definition) is 3. The topological polar surface area (TPSA) is 70.5 Å². The lowest BCUT2D eigenvalue weighted by Gasteiger charge is -2.34. The van der Waals surface area contributed by atoms with E-state index in [1.807, 2.05) is 0 Å². The van der Waals surface area contributed by atoms with Gasteiger partial charge in [0.2, 0.25) is 0 Å². The maximum absolute atomic E-state index is 12.4. The Bertz CT molecular complexity index is 489. The Morgan fingerprint density at radius 2 is 1.95 bits per heavy atom. The average Bonchev–Trinajstić information content (AvgIpc) is 2.21. The summed E-state index contributed by atoms with van der Waals surface area (Å²) in [4.78, 5) is 28.6. The van der Waals surface area contributed by atoms with Gasteiger partial charge in [-0.15, -0.1) is 0 Å². The second kappa shape index (κ2) is 5.57. The van der Waals surface area contributed by atoms with Crippen molar-refractivity contribution in [1.29, 1.82) is 0 Å². The highest BCUT2D eigenvalue weighted by atomic mass is 35.5. The minimum Gasteiger partial charge on any atom is -0.480 e. The smallest absolute Gasteiger partial charge is 0.323 e. The molecule has 1 rings (SSSR count). The minimum atomic E-state index is -1.06. The molecule has 0 aliphatic carbocycles. The number of rotatable bonds is 3. The number of aromatic nitrogens is 1. The van der Waals surface area contributed by atoms with Gasteiger partial charge in [-0.2, -0.15) is 0 Å². The quantitative estimate of drug-likeness (QED) is 0.865. The summed E-state index contributed by atoms with van der Waals surface area (Å²) in [6.07, 6.45) is 0. The molecule has 6 heteroatoms. The molecule has 0 bridgehead atoms. The zero-order valence-corrected chi connectivity index (χ0v) is 12.2. The van der Waals surface area contributed by atoms with Crippen molar-refractivity contribution in [3.8, 4) is 0 Å². The fourth-order valence-electron chi connectivity index (χ4n) is 1.66. The van der Waals surface area contributed by atoms with Crippen molar-refractivity contribution >= 4 is 23.5 Å². The number of halogens is 1. The van der Waals surface area contributed by atoms with Crippen LogP contribution in [0.2, 0.25) is 5.15 Å². The van der Waals surface area contributed by atoms with E-state index in [-0.39, 0.29) is 17.6 Å². The van der Waals surface area contributed by atoms with Crippen LogP contribution in [0.1, 0.15) is 36.8 Å². The van der Waals surface area contributed by atoms with E-state index in [0.717, 1.165) is 0 Å². The molecule has 0 aliphatic heterocycles. The first-order chi connectivity index (χ1) is 8.61. The lowest BCUT2D eigenvalue weighted by atomic mass is 10.0. The van der Waals surface area contributed by atoms with Crippen molar-refractivity contribution in [2.45, 2.75) is 33.2 Å². The molecule has 0 saturated carbocycles. The van der Waals surface area contributed by atoms with Gasteiger partial charge >= 0.3 is 5.97 Å². The predicted octanol–water partition coefficient (Wildman–Crippen LogP) is 2.37. The number of aryl methyl sites for hydroxylation is 1. The van der Waals surface area contributed by atoms with E-state index in [1.54, 1.807) is 33.8 Å². The average molecular weight is 285 g/mol. The van der Waals surface area contributed by atoms with Gasteiger partial charge in [0.25, 0.3) is 5.91 Å². The van der Waals surface area contributed by atoms with Crippen molar-refractivity contribution in [2.75, 3.05) is 6.54 Å². The predicted molar refractivity (Wildman–Crippen MR) is 72.4 cm³/mol. The Balaban J connectivity index is 3.15. The van der Waals surface area contributed by atoms with Crippen molar-refractivity contribution in [2.24, 2.45) is 0 Å². The van der Waals surface area contributed by atoms with Crippen molar-refractivity contribution in [3.63, 3.8) is 0 Å². The number of carboxylic acid groups (broad SMARTS) is 1. The first kappa shape index (κ1) is 15.4. The van der Waals surface area contributed by atoms with Crippen molar-refractivity contribution in [1.82, 2.24) is 9.88 Å². The molecule has 0 fully saturated rings. The first-order valence-corrected chi connectivity index (χ1v) is 6.17. The molecule has 0 unspecified atom stereocenters. The highest BCUT2D eigenvalue weighted by molar-refractivity contribution is 6.29. The monoisotopic (exact) mass is 284 g/mol. The summed E-state index contributed by atoms with van der Waals surface area (Å²) in [5.74, 6) is -1.43. The van der Waals surface area contributed by atoms with Crippen LogP contribution in [-0.2, 0) is 4.79 Å². The fourth-order valence-corrected chi connectivity index (χ4v) is 1.91. The van der Waals surface area contributed by atoms with E-state index >= 15 is 0 Å². The number of nitrogens with zero attached hydrogens (tertiary/aromatic N) is 2. The van der Waals surface area contributed by atoms with Crippen molar-refractivity contribution < 1.29 is 14.7 Å². The molecule has 0 saturated heterocycles. The van der Waals surface area contributed by atoms with E-state index in [4.69, 9.17) is 16.7 Å². The first-order valence-electron chi connectivity index (χ1n) is 5.79. The molecule has 19 heavy (non-hydrogen) atoms. The maximum Gasteiger partial charge on any atom is 0.323 e. The third-order valence-electron chi connectivity index (χ3n) is 2.52. The third kappa shape index (κ3) is 4.21. The second-order valence-corrected chi connectivity index (χ2v) is 5.66. The van der Waals surface area contributed by atoms with Gasteiger partial charge in [0.1, 0.15) is 11.7 Å². The van der Waals surface area contributed by atoms with Crippen LogP contribution < -0.4 is 0 Å². The van der Waals surface area contributed by atoms with Gasteiger partial charge in [0.15, 0.2) is 0 Å². The van der Waals surface area contributed by atoms with Gasteiger partial charge in [-0.05, 0) is 39.8 Å². The summed E-state index contributed by atoms with van der Waals surface area (Å²) < 4.78 is 0. The Hall–Kier alpha value is -1.62. The number of carbonyl (C=O) groups excluding carboxylic acids is 1. The Morgan fingerprint density at radius 3 is 2.37 bits per heavy atom. The molecule has 0 radical (unpaired) electrons. The number of pyridine rings is 1. The summed E-state index contributed by atoms with van der Waals surface area (Å²) in [5, 5.41) is 9.14. The normalized spacial score (nSPS) is 11.2. The molecular formula is C13H17ClN2O3. The van der Waals surface area contributed by atoms with Gasteiger partial charge in [-0.3, -0.25) is 9.59 Å². The summed E-state index contributed by atoms with van der Waals surface area (Å²) >= 11 is 5.82. The lowest BCUT2D eigenvalue weighted by molar-refractivity contribution is -0.138. The summed E-state index contributed by atoms with van der Waals surface area (Å²) in [7, 11) is 0. The molecule has 0 aromatic carbocycles. The standard InChI is InChI=1S/C13H17ClN2O3/c1-8-5-9(6-10(14)15-8)12(19)16(7-11(17)18)13(2,3)4/h5-6H,7H2,1-4H3,(H,17,18). The van der Waals surface area contributed by atoms with Crippen LogP contribution >= 0.6 is 11.6 Å². The largest absolute Gasteiger partial charge is 0.480 e. The molecule has 104 valence electrons.